The van der Waals surface area contributed by atoms with Crippen molar-refractivity contribution in [1.82, 2.24) is 0 Å². The Labute approximate surface area is 122 Å². The van der Waals surface area contributed by atoms with Crippen LogP contribution in [0, 0.1) is 12.8 Å². The average Bonchev–Trinajstić information content (AvgIpc) is 2.91. The van der Waals surface area contributed by atoms with Crippen LogP contribution in [0.5, 0.6) is 0 Å². The predicted molar refractivity (Wildman–Crippen MR) is 85.1 cm³/mol. The molecule has 2 unspecified atom stereocenters. The number of carbonyl (C=O) groups is 1. The Morgan fingerprint density at radius 1 is 1.25 bits per heavy atom. The fourth-order valence-electron chi connectivity index (χ4n) is 2.96. The van der Waals surface area contributed by atoms with E-state index in [-0.39, 0.29) is 5.91 Å². The summed E-state index contributed by atoms with van der Waals surface area (Å²) in [7, 11) is 0. The largest absolute Gasteiger partial charge is 0.382 e. The number of amides is 1. The number of hydrogen-bond acceptors (Lipinski definition) is 2. The molecule has 110 valence electrons. The van der Waals surface area contributed by atoms with Crippen LogP contribution in [0.2, 0.25) is 0 Å². The molecule has 2 atom stereocenters. The normalized spacial score (nSPS) is 21.8. The van der Waals surface area contributed by atoms with Gasteiger partial charge in [0, 0.05) is 23.8 Å². The third-order valence-corrected chi connectivity index (χ3v) is 4.41. The fraction of sp³-hybridized carbons (Fsp3) is 0.588. The maximum absolute atomic E-state index is 11.5. The van der Waals surface area contributed by atoms with E-state index < -0.39 is 0 Å². The topological polar surface area (TPSA) is 41.1 Å². The molecule has 1 aliphatic rings. The van der Waals surface area contributed by atoms with Gasteiger partial charge in [0.2, 0.25) is 5.91 Å². The van der Waals surface area contributed by atoms with E-state index in [1.165, 1.54) is 25.7 Å². The van der Waals surface area contributed by atoms with Crippen molar-refractivity contribution in [2.24, 2.45) is 5.92 Å². The second-order valence-electron chi connectivity index (χ2n) is 5.81. The van der Waals surface area contributed by atoms with E-state index in [1.54, 1.807) is 0 Å². The lowest BCUT2D eigenvalue weighted by atomic mass is 10.1. The molecular formula is C17H26N2O. The Hall–Kier alpha value is -1.51. The Balaban J connectivity index is 2.05. The molecule has 2 N–H and O–H groups in total. The van der Waals surface area contributed by atoms with E-state index in [2.05, 4.69) is 30.5 Å². The van der Waals surface area contributed by atoms with E-state index in [4.69, 9.17) is 0 Å². The molecule has 2 rings (SSSR count). The number of carbonyl (C=O) groups excluding carboxylic acids is 1. The molecular weight excluding hydrogens is 248 g/mol. The van der Waals surface area contributed by atoms with E-state index in [0.29, 0.717) is 12.5 Å². The molecule has 1 amide bonds. The molecule has 1 aromatic carbocycles. The average molecular weight is 274 g/mol. The Kier molecular flexibility index (Phi) is 5.05. The molecule has 3 nitrogen and oxygen atoms in total. The lowest BCUT2D eigenvalue weighted by Gasteiger charge is -2.18. The van der Waals surface area contributed by atoms with E-state index in [0.717, 1.165) is 22.9 Å². The smallest absolute Gasteiger partial charge is 0.224 e. The quantitative estimate of drug-likeness (QED) is 0.839. The minimum absolute atomic E-state index is 0.0668. The zero-order valence-electron chi connectivity index (χ0n) is 12.8. The van der Waals surface area contributed by atoms with Gasteiger partial charge in [0.25, 0.3) is 0 Å². The zero-order valence-corrected chi connectivity index (χ0v) is 12.8. The maximum Gasteiger partial charge on any atom is 0.224 e. The molecule has 0 radical (unpaired) electrons. The van der Waals surface area contributed by atoms with Gasteiger partial charge in [0.1, 0.15) is 0 Å². The maximum atomic E-state index is 11.5. The Bertz CT molecular complexity index is 470. The Morgan fingerprint density at radius 2 is 2.00 bits per heavy atom. The van der Waals surface area contributed by atoms with Gasteiger partial charge in [-0.1, -0.05) is 26.3 Å². The van der Waals surface area contributed by atoms with Gasteiger partial charge in [-0.15, -0.1) is 0 Å². The molecule has 0 heterocycles. The summed E-state index contributed by atoms with van der Waals surface area (Å²) in [6, 6.07) is 6.66. The lowest BCUT2D eigenvalue weighted by Crippen LogP contribution is -2.17. The van der Waals surface area contributed by atoms with Crippen molar-refractivity contribution in [3.63, 3.8) is 0 Å². The summed E-state index contributed by atoms with van der Waals surface area (Å²) in [4.78, 5) is 11.5. The molecule has 1 aromatic rings. The highest BCUT2D eigenvalue weighted by Crippen LogP contribution is 2.32. The SMILES string of the molecule is CCC(=O)Nc1cccc(NC2CCC(CC)C2)c1C. The highest BCUT2D eigenvalue weighted by atomic mass is 16.1. The first-order valence-corrected chi connectivity index (χ1v) is 7.80. The van der Waals surface area contributed by atoms with Gasteiger partial charge in [-0.2, -0.15) is 0 Å². The van der Waals surface area contributed by atoms with Gasteiger partial charge in [-0.3, -0.25) is 4.79 Å². The second-order valence-corrected chi connectivity index (χ2v) is 5.81. The predicted octanol–water partition coefficient (Wildman–Crippen LogP) is 4.33. The number of hydrogen-bond donors (Lipinski definition) is 2. The van der Waals surface area contributed by atoms with E-state index in [1.807, 2.05) is 19.1 Å². The Morgan fingerprint density at radius 3 is 2.65 bits per heavy atom. The van der Waals surface area contributed by atoms with E-state index >= 15 is 0 Å². The van der Waals surface area contributed by atoms with Gasteiger partial charge in [-0.25, -0.2) is 0 Å². The van der Waals surface area contributed by atoms with Gasteiger partial charge in [0.15, 0.2) is 0 Å². The van der Waals surface area contributed by atoms with Crippen molar-refractivity contribution < 1.29 is 4.79 Å². The molecule has 1 saturated carbocycles. The fourth-order valence-corrected chi connectivity index (χ4v) is 2.96. The summed E-state index contributed by atoms with van der Waals surface area (Å²) in [5.41, 5.74) is 3.21. The van der Waals surface area contributed by atoms with Crippen LogP contribution in [0.3, 0.4) is 0 Å². The van der Waals surface area contributed by atoms with Crippen LogP contribution in [-0.4, -0.2) is 11.9 Å². The van der Waals surface area contributed by atoms with Crippen LogP contribution in [0.25, 0.3) is 0 Å². The molecule has 3 heteroatoms. The first kappa shape index (κ1) is 14.9. The van der Waals surface area contributed by atoms with Crippen LogP contribution < -0.4 is 10.6 Å². The first-order valence-electron chi connectivity index (χ1n) is 7.80. The number of anilines is 2. The third-order valence-electron chi connectivity index (χ3n) is 4.41. The van der Waals surface area contributed by atoms with Crippen LogP contribution in [0.15, 0.2) is 18.2 Å². The van der Waals surface area contributed by atoms with Crippen molar-refractivity contribution in [2.45, 2.75) is 58.9 Å². The number of nitrogens with one attached hydrogen (secondary N) is 2. The van der Waals surface area contributed by atoms with Gasteiger partial charge in [0.05, 0.1) is 0 Å². The summed E-state index contributed by atoms with van der Waals surface area (Å²) < 4.78 is 0. The summed E-state index contributed by atoms with van der Waals surface area (Å²) in [6.07, 6.45) is 5.64. The minimum atomic E-state index is 0.0668. The highest BCUT2D eigenvalue weighted by molar-refractivity contribution is 5.92. The van der Waals surface area contributed by atoms with Crippen molar-refractivity contribution in [3.8, 4) is 0 Å². The first-order chi connectivity index (χ1) is 9.63. The van der Waals surface area contributed by atoms with E-state index in [9.17, 15) is 4.79 Å². The molecule has 0 aliphatic heterocycles. The van der Waals surface area contributed by atoms with Crippen molar-refractivity contribution in [3.05, 3.63) is 23.8 Å². The van der Waals surface area contributed by atoms with Gasteiger partial charge < -0.3 is 10.6 Å². The molecule has 1 fully saturated rings. The van der Waals surface area contributed by atoms with Crippen molar-refractivity contribution >= 4 is 17.3 Å². The van der Waals surface area contributed by atoms with Crippen LogP contribution in [0.1, 0.15) is 51.5 Å². The second kappa shape index (κ2) is 6.78. The van der Waals surface area contributed by atoms with Crippen molar-refractivity contribution in [2.75, 3.05) is 10.6 Å². The van der Waals surface area contributed by atoms with Crippen LogP contribution >= 0.6 is 0 Å². The van der Waals surface area contributed by atoms with Gasteiger partial charge in [-0.05, 0) is 49.8 Å². The standard InChI is InChI=1S/C17H26N2O/c1-4-13-9-10-14(11-13)18-15-7-6-8-16(12(15)3)19-17(20)5-2/h6-8,13-14,18H,4-5,9-11H2,1-3H3,(H,19,20). The molecule has 0 aromatic heterocycles. The zero-order chi connectivity index (χ0) is 14.5. The molecule has 0 bridgehead atoms. The monoisotopic (exact) mass is 274 g/mol. The van der Waals surface area contributed by atoms with Crippen LogP contribution in [0.4, 0.5) is 11.4 Å². The highest BCUT2D eigenvalue weighted by Gasteiger charge is 2.23. The molecule has 0 spiro atoms. The number of benzene rings is 1. The minimum Gasteiger partial charge on any atom is -0.382 e. The summed E-state index contributed by atoms with van der Waals surface area (Å²) in [5, 5.41) is 6.62. The molecule has 1 aliphatic carbocycles. The lowest BCUT2D eigenvalue weighted by molar-refractivity contribution is -0.115. The van der Waals surface area contributed by atoms with Crippen molar-refractivity contribution in [1.29, 1.82) is 0 Å². The van der Waals surface area contributed by atoms with Crippen LogP contribution in [-0.2, 0) is 4.79 Å². The third kappa shape index (κ3) is 3.53. The molecule has 20 heavy (non-hydrogen) atoms. The summed E-state index contributed by atoms with van der Waals surface area (Å²) >= 11 is 0. The molecule has 0 saturated heterocycles. The van der Waals surface area contributed by atoms with Gasteiger partial charge >= 0.3 is 0 Å². The number of rotatable bonds is 5. The summed E-state index contributed by atoms with van der Waals surface area (Å²) in [5.74, 6) is 0.938. The summed E-state index contributed by atoms with van der Waals surface area (Å²) in [6.45, 7) is 6.22.